The number of nitrogen functional groups attached to an aromatic ring is 1. The van der Waals surface area contributed by atoms with Crippen LogP contribution in [-0.4, -0.2) is 48.4 Å². The van der Waals surface area contributed by atoms with Crippen LogP contribution >= 0.6 is 0 Å². The van der Waals surface area contributed by atoms with Gasteiger partial charge in [0.1, 0.15) is 0 Å². The molecule has 1 aliphatic rings. The van der Waals surface area contributed by atoms with Gasteiger partial charge in [0.25, 0.3) is 0 Å². The Balaban J connectivity index is 1.37. The van der Waals surface area contributed by atoms with Gasteiger partial charge in [-0.25, -0.2) is 0 Å². The van der Waals surface area contributed by atoms with Gasteiger partial charge in [0, 0.05) is 45.0 Å². The number of hydrogen-bond acceptors (Lipinski definition) is 4. The number of nitrogens with zero attached hydrogens (tertiary/aromatic N) is 2. The average Bonchev–Trinajstić information content (AvgIpc) is 2.64. The van der Waals surface area contributed by atoms with Crippen molar-refractivity contribution in [3.63, 3.8) is 0 Å². The third-order valence-electron chi connectivity index (χ3n) is 4.55. The zero-order valence-corrected chi connectivity index (χ0v) is 14.5. The fourth-order valence-corrected chi connectivity index (χ4v) is 3.04. The molecule has 2 aromatic carbocycles. The fourth-order valence-electron chi connectivity index (χ4n) is 3.04. The Kier molecular flexibility index (Phi) is 6.04. The highest BCUT2D eigenvalue weighted by Crippen LogP contribution is 2.10. The minimum atomic E-state index is 0.0934. The minimum Gasteiger partial charge on any atom is -0.399 e. The minimum absolute atomic E-state index is 0.0934. The van der Waals surface area contributed by atoms with E-state index in [1.165, 1.54) is 5.56 Å². The first-order valence-corrected chi connectivity index (χ1v) is 8.79. The summed E-state index contributed by atoms with van der Waals surface area (Å²) in [4.78, 5) is 16.8. The molecule has 0 aromatic heterocycles. The van der Waals surface area contributed by atoms with Gasteiger partial charge in [-0.2, -0.15) is 0 Å². The second kappa shape index (κ2) is 8.65. The molecule has 25 heavy (non-hydrogen) atoms. The maximum Gasteiger partial charge on any atom is 0.234 e. The molecule has 1 aliphatic heterocycles. The van der Waals surface area contributed by atoms with E-state index in [2.05, 4.69) is 27.2 Å². The predicted octanol–water partition coefficient (Wildman–Crippen LogP) is 1.70. The first-order valence-electron chi connectivity index (χ1n) is 8.79. The lowest BCUT2D eigenvalue weighted by Gasteiger charge is -2.34. The molecule has 1 amide bonds. The summed E-state index contributed by atoms with van der Waals surface area (Å²) in [5.74, 6) is 0.0934. The normalized spacial score (nSPS) is 15.8. The average molecular weight is 338 g/mol. The molecule has 0 aliphatic carbocycles. The second-order valence-corrected chi connectivity index (χ2v) is 6.56. The highest BCUT2D eigenvalue weighted by Gasteiger charge is 2.18. The topological polar surface area (TPSA) is 61.6 Å². The standard InChI is InChI=1S/C20H26N4O/c21-19-8-6-18(7-9-19)15-23-10-12-24(13-11-23)16-20(25)22-14-17-4-2-1-3-5-17/h1-9H,10-16,21H2,(H,22,25). The molecule has 0 radical (unpaired) electrons. The third kappa shape index (κ3) is 5.59. The van der Waals surface area contributed by atoms with Crippen molar-refractivity contribution in [1.29, 1.82) is 0 Å². The molecule has 0 atom stereocenters. The number of nitrogens with one attached hydrogen (secondary N) is 1. The van der Waals surface area contributed by atoms with E-state index in [-0.39, 0.29) is 5.91 Å². The van der Waals surface area contributed by atoms with E-state index in [1.54, 1.807) is 0 Å². The number of amides is 1. The van der Waals surface area contributed by atoms with E-state index in [9.17, 15) is 4.79 Å². The van der Waals surface area contributed by atoms with Crippen molar-refractivity contribution in [3.05, 3.63) is 65.7 Å². The van der Waals surface area contributed by atoms with Crippen LogP contribution in [0.5, 0.6) is 0 Å². The number of carbonyl (C=O) groups excluding carboxylic acids is 1. The first-order chi connectivity index (χ1) is 12.2. The van der Waals surface area contributed by atoms with Crippen LogP contribution in [-0.2, 0) is 17.9 Å². The quantitative estimate of drug-likeness (QED) is 0.787. The highest BCUT2D eigenvalue weighted by molar-refractivity contribution is 5.78. The predicted molar refractivity (Wildman–Crippen MR) is 101 cm³/mol. The van der Waals surface area contributed by atoms with Gasteiger partial charge < -0.3 is 11.1 Å². The Morgan fingerprint density at radius 1 is 0.880 bits per heavy atom. The van der Waals surface area contributed by atoms with Crippen molar-refractivity contribution in [2.45, 2.75) is 13.1 Å². The Labute approximate surface area is 149 Å². The van der Waals surface area contributed by atoms with E-state index in [1.807, 2.05) is 42.5 Å². The van der Waals surface area contributed by atoms with Gasteiger partial charge in [-0.05, 0) is 23.3 Å². The van der Waals surface area contributed by atoms with Crippen LogP contribution in [0.4, 0.5) is 5.69 Å². The SMILES string of the molecule is Nc1ccc(CN2CCN(CC(=O)NCc3ccccc3)CC2)cc1. The zero-order chi connectivity index (χ0) is 17.5. The summed E-state index contributed by atoms with van der Waals surface area (Å²) in [5.41, 5.74) is 8.94. The van der Waals surface area contributed by atoms with Gasteiger partial charge in [0.15, 0.2) is 0 Å². The number of rotatable bonds is 6. The van der Waals surface area contributed by atoms with Crippen LogP contribution in [0.2, 0.25) is 0 Å². The Bertz CT molecular complexity index is 664. The Morgan fingerprint density at radius 3 is 2.20 bits per heavy atom. The zero-order valence-electron chi connectivity index (χ0n) is 14.5. The van der Waals surface area contributed by atoms with E-state index >= 15 is 0 Å². The van der Waals surface area contributed by atoms with E-state index in [0.29, 0.717) is 13.1 Å². The van der Waals surface area contributed by atoms with Gasteiger partial charge in [-0.1, -0.05) is 42.5 Å². The summed E-state index contributed by atoms with van der Waals surface area (Å²) >= 11 is 0. The molecule has 0 spiro atoms. The highest BCUT2D eigenvalue weighted by atomic mass is 16.2. The van der Waals surface area contributed by atoms with E-state index in [4.69, 9.17) is 5.73 Å². The van der Waals surface area contributed by atoms with Crippen LogP contribution in [0.15, 0.2) is 54.6 Å². The van der Waals surface area contributed by atoms with Gasteiger partial charge in [0.05, 0.1) is 6.54 Å². The van der Waals surface area contributed by atoms with E-state index in [0.717, 1.165) is 44.0 Å². The van der Waals surface area contributed by atoms with Crippen molar-refractivity contribution in [2.24, 2.45) is 0 Å². The van der Waals surface area contributed by atoms with Crippen LogP contribution in [0.25, 0.3) is 0 Å². The molecule has 1 fully saturated rings. The molecular formula is C20H26N4O. The molecule has 3 rings (SSSR count). The molecule has 132 valence electrons. The van der Waals surface area contributed by atoms with Crippen molar-refractivity contribution in [2.75, 3.05) is 38.5 Å². The molecule has 0 saturated carbocycles. The smallest absolute Gasteiger partial charge is 0.234 e. The fraction of sp³-hybridized carbons (Fsp3) is 0.350. The number of anilines is 1. The molecule has 0 bridgehead atoms. The molecule has 2 aromatic rings. The molecule has 0 unspecified atom stereocenters. The van der Waals surface area contributed by atoms with Gasteiger partial charge in [-0.3, -0.25) is 14.6 Å². The molecule has 1 heterocycles. The van der Waals surface area contributed by atoms with Crippen LogP contribution < -0.4 is 11.1 Å². The first kappa shape index (κ1) is 17.5. The lowest BCUT2D eigenvalue weighted by molar-refractivity contribution is -0.122. The van der Waals surface area contributed by atoms with Gasteiger partial charge in [0.2, 0.25) is 5.91 Å². The number of nitrogens with two attached hydrogens (primary N) is 1. The lowest BCUT2D eigenvalue weighted by atomic mass is 10.2. The van der Waals surface area contributed by atoms with Gasteiger partial charge >= 0.3 is 0 Å². The summed E-state index contributed by atoms with van der Waals surface area (Å²) in [7, 11) is 0. The summed E-state index contributed by atoms with van der Waals surface area (Å²) in [6.45, 7) is 5.82. The molecule has 1 saturated heterocycles. The molecule has 5 nitrogen and oxygen atoms in total. The van der Waals surface area contributed by atoms with Gasteiger partial charge in [-0.15, -0.1) is 0 Å². The number of hydrogen-bond donors (Lipinski definition) is 2. The third-order valence-corrected chi connectivity index (χ3v) is 4.55. The Morgan fingerprint density at radius 2 is 1.52 bits per heavy atom. The maximum absolute atomic E-state index is 12.1. The number of piperazine rings is 1. The second-order valence-electron chi connectivity index (χ2n) is 6.56. The molecular weight excluding hydrogens is 312 g/mol. The monoisotopic (exact) mass is 338 g/mol. The summed E-state index contributed by atoms with van der Waals surface area (Å²) < 4.78 is 0. The number of carbonyl (C=O) groups is 1. The summed E-state index contributed by atoms with van der Waals surface area (Å²) in [6, 6.07) is 18.1. The van der Waals surface area contributed by atoms with Crippen LogP contribution in [0.1, 0.15) is 11.1 Å². The van der Waals surface area contributed by atoms with Crippen molar-refractivity contribution in [1.82, 2.24) is 15.1 Å². The summed E-state index contributed by atoms with van der Waals surface area (Å²) in [5, 5.41) is 3.00. The molecule has 5 heteroatoms. The van der Waals surface area contributed by atoms with Crippen LogP contribution in [0, 0.1) is 0 Å². The Hall–Kier alpha value is -2.37. The summed E-state index contributed by atoms with van der Waals surface area (Å²) in [6.07, 6.45) is 0. The number of benzene rings is 2. The van der Waals surface area contributed by atoms with Crippen molar-refractivity contribution in [3.8, 4) is 0 Å². The van der Waals surface area contributed by atoms with Crippen LogP contribution in [0.3, 0.4) is 0 Å². The van der Waals surface area contributed by atoms with E-state index < -0.39 is 0 Å². The maximum atomic E-state index is 12.1. The van der Waals surface area contributed by atoms with Crippen molar-refractivity contribution < 1.29 is 4.79 Å². The molecule has 3 N–H and O–H groups in total. The van der Waals surface area contributed by atoms with Crippen molar-refractivity contribution >= 4 is 11.6 Å². The largest absolute Gasteiger partial charge is 0.399 e. The lowest BCUT2D eigenvalue weighted by Crippen LogP contribution is -2.49.